The van der Waals surface area contributed by atoms with Crippen LogP contribution in [0.2, 0.25) is 5.02 Å². The van der Waals surface area contributed by atoms with Crippen molar-refractivity contribution in [2.45, 2.75) is 11.8 Å². The summed E-state index contributed by atoms with van der Waals surface area (Å²) in [5.74, 6) is -0.665. The van der Waals surface area contributed by atoms with Crippen LogP contribution in [0.15, 0.2) is 41.3 Å². The Morgan fingerprint density at radius 2 is 1.90 bits per heavy atom. The minimum Gasteiger partial charge on any atom is -0.398 e. The third-order valence-corrected chi connectivity index (χ3v) is 4.52. The molecule has 0 amide bonds. The van der Waals surface area contributed by atoms with Crippen LogP contribution in [-0.2, 0) is 10.0 Å². The van der Waals surface area contributed by atoms with Crippen molar-refractivity contribution < 1.29 is 12.8 Å². The second-order valence-electron chi connectivity index (χ2n) is 4.20. The van der Waals surface area contributed by atoms with Crippen LogP contribution >= 0.6 is 11.6 Å². The molecular weight excluding hydrogens is 303 g/mol. The van der Waals surface area contributed by atoms with Gasteiger partial charge >= 0.3 is 0 Å². The zero-order valence-corrected chi connectivity index (χ0v) is 12.1. The van der Waals surface area contributed by atoms with E-state index in [0.717, 1.165) is 6.07 Å². The van der Waals surface area contributed by atoms with E-state index in [1.165, 1.54) is 30.3 Å². The van der Waals surface area contributed by atoms with Crippen molar-refractivity contribution >= 4 is 33.0 Å². The number of hydrogen-bond acceptors (Lipinski definition) is 3. The van der Waals surface area contributed by atoms with Gasteiger partial charge in [-0.3, -0.25) is 4.72 Å². The van der Waals surface area contributed by atoms with E-state index in [9.17, 15) is 12.8 Å². The molecule has 0 saturated carbocycles. The maximum Gasteiger partial charge on any atom is 0.262 e. The number of anilines is 2. The normalized spacial score (nSPS) is 11.3. The van der Waals surface area contributed by atoms with Crippen LogP contribution in [0.1, 0.15) is 5.56 Å². The maximum atomic E-state index is 13.5. The highest BCUT2D eigenvalue weighted by Crippen LogP contribution is 2.27. The molecule has 0 aliphatic rings. The Kier molecular flexibility index (Phi) is 3.87. The molecule has 0 aromatic heterocycles. The highest BCUT2D eigenvalue weighted by atomic mass is 35.5. The lowest BCUT2D eigenvalue weighted by Crippen LogP contribution is -2.14. The topological polar surface area (TPSA) is 72.2 Å². The highest BCUT2D eigenvalue weighted by molar-refractivity contribution is 7.92. The monoisotopic (exact) mass is 314 g/mol. The smallest absolute Gasteiger partial charge is 0.262 e. The minimum atomic E-state index is -3.95. The first-order chi connectivity index (χ1) is 9.31. The Morgan fingerprint density at radius 1 is 1.25 bits per heavy atom. The van der Waals surface area contributed by atoms with E-state index in [1.807, 2.05) is 0 Å². The molecule has 2 rings (SSSR count). The molecule has 0 aliphatic carbocycles. The van der Waals surface area contributed by atoms with E-state index >= 15 is 0 Å². The van der Waals surface area contributed by atoms with Gasteiger partial charge in [0.05, 0.1) is 10.6 Å². The lowest BCUT2D eigenvalue weighted by atomic mass is 10.2. The first-order valence-electron chi connectivity index (χ1n) is 5.64. The van der Waals surface area contributed by atoms with Gasteiger partial charge in [-0.1, -0.05) is 23.7 Å². The van der Waals surface area contributed by atoms with E-state index in [1.54, 1.807) is 6.92 Å². The van der Waals surface area contributed by atoms with Crippen molar-refractivity contribution in [3.05, 3.63) is 52.8 Å². The van der Waals surface area contributed by atoms with E-state index in [-0.39, 0.29) is 21.3 Å². The second-order valence-corrected chi connectivity index (χ2v) is 6.29. The third kappa shape index (κ3) is 2.86. The summed E-state index contributed by atoms with van der Waals surface area (Å²) < 4.78 is 40.0. The Bertz CT molecular complexity index is 740. The van der Waals surface area contributed by atoms with Crippen molar-refractivity contribution in [2.75, 3.05) is 10.5 Å². The van der Waals surface area contributed by atoms with E-state index in [4.69, 9.17) is 17.3 Å². The fourth-order valence-corrected chi connectivity index (χ4v) is 3.00. The number of benzene rings is 2. The van der Waals surface area contributed by atoms with Gasteiger partial charge in [0.25, 0.3) is 10.0 Å². The number of nitrogens with one attached hydrogen (secondary N) is 1. The van der Waals surface area contributed by atoms with Gasteiger partial charge < -0.3 is 5.73 Å². The molecule has 0 heterocycles. The number of sulfonamides is 1. The summed E-state index contributed by atoms with van der Waals surface area (Å²) in [6.07, 6.45) is 0. The first-order valence-corrected chi connectivity index (χ1v) is 7.50. The van der Waals surface area contributed by atoms with Gasteiger partial charge in [-0.05, 0) is 36.8 Å². The molecule has 0 saturated heterocycles. The third-order valence-electron chi connectivity index (χ3n) is 2.79. The van der Waals surface area contributed by atoms with Gasteiger partial charge in [0.15, 0.2) is 0 Å². The molecular formula is C13H12ClFN2O2S. The zero-order valence-electron chi connectivity index (χ0n) is 10.5. The summed E-state index contributed by atoms with van der Waals surface area (Å²) in [5.41, 5.74) is 6.40. The fourth-order valence-electron chi connectivity index (χ4n) is 1.58. The number of halogens is 2. The van der Waals surface area contributed by atoms with Gasteiger partial charge in [0.1, 0.15) is 5.82 Å². The molecule has 7 heteroatoms. The fraction of sp³-hybridized carbons (Fsp3) is 0.0769. The van der Waals surface area contributed by atoms with Crippen LogP contribution in [0.4, 0.5) is 15.8 Å². The summed E-state index contributed by atoms with van der Waals surface area (Å²) in [6.45, 7) is 1.68. The van der Waals surface area contributed by atoms with Gasteiger partial charge in [-0.25, -0.2) is 12.8 Å². The predicted molar refractivity (Wildman–Crippen MR) is 77.8 cm³/mol. The van der Waals surface area contributed by atoms with Crippen LogP contribution in [0.25, 0.3) is 0 Å². The summed E-state index contributed by atoms with van der Waals surface area (Å²) >= 11 is 5.91. The molecule has 2 aromatic rings. The highest BCUT2D eigenvalue weighted by Gasteiger charge is 2.18. The number of hydrogen-bond donors (Lipinski definition) is 2. The molecule has 0 atom stereocenters. The van der Waals surface area contributed by atoms with Crippen LogP contribution < -0.4 is 10.5 Å². The van der Waals surface area contributed by atoms with Crippen LogP contribution in [-0.4, -0.2) is 8.42 Å². The average molecular weight is 315 g/mol. The molecule has 0 bridgehead atoms. The number of para-hydroxylation sites is 1. The number of rotatable bonds is 3. The van der Waals surface area contributed by atoms with Gasteiger partial charge in [0.2, 0.25) is 0 Å². The lowest BCUT2D eigenvalue weighted by Gasteiger charge is -2.11. The molecule has 0 spiro atoms. The molecule has 3 N–H and O–H groups in total. The standard InChI is InChI=1S/C13H12ClFN2O2S/c1-8-10(14)6-9(7-12(8)16)20(18,19)17-13-5-3-2-4-11(13)15/h2-7,17H,16H2,1H3. The largest absolute Gasteiger partial charge is 0.398 e. The first kappa shape index (κ1) is 14.6. The van der Waals surface area contributed by atoms with Crippen LogP contribution in [0.3, 0.4) is 0 Å². The predicted octanol–water partition coefficient (Wildman–Crippen LogP) is 3.17. The summed E-state index contributed by atoms with van der Waals surface area (Å²) in [7, 11) is -3.95. The molecule has 4 nitrogen and oxygen atoms in total. The quantitative estimate of drug-likeness (QED) is 0.855. The molecule has 0 fully saturated rings. The molecule has 0 radical (unpaired) electrons. The molecule has 106 valence electrons. The number of nitrogens with two attached hydrogens (primary N) is 1. The van der Waals surface area contributed by atoms with E-state index in [2.05, 4.69) is 4.72 Å². The molecule has 2 aromatic carbocycles. The molecule has 20 heavy (non-hydrogen) atoms. The van der Waals surface area contributed by atoms with Crippen LogP contribution in [0, 0.1) is 12.7 Å². The van der Waals surface area contributed by atoms with Crippen molar-refractivity contribution in [2.24, 2.45) is 0 Å². The van der Waals surface area contributed by atoms with Crippen molar-refractivity contribution in [1.29, 1.82) is 0 Å². The van der Waals surface area contributed by atoms with Crippen molar-refractivity contribution in [3.8, 4) is 0 Å². The van der Waals surface area contributed by atoms with E-state index in [0.29, 0.717) is 5.56 Å². The molecule has 0 unspecified atom stereocenters. The van der Waals surface area contributed by atoms with E-state index < -0.39 is 15.8 Å². The second kappa shape index (κ2) is 5.30. The van der Waals surface area contributed by atoms with Crippen molar-refractivity contribution in [1.82, 2.24) is 0 Å². The Labute approximate surface area is 121 Å². The zero-order chi connectivity index (χ0) is 14.9. The number of nitrogen functional groups attached to an aromatic ring is 1. The summed E-state index contributed by atoms with van der Waals surface area (Å²) in [6, 6.07) is 8.03. The van der Waals surface area contributed by atoms with Crippen LogP contribution in [0.5, 0.6) is 0 Å². The Morgan fingerprint density at radius 3 is 2.50 bits per heavy atom. The Balaban J connectivity index is 2.44. The van der Waals surface area contributed by atoms with Gasteiger partial charge in [0, 0.05) is 10.7 Å². The maximum absolute atomic E-state index is 13.5. The molecule has 0 aliphatic heterocycles. The Hall–Kier alpha value is -1.79. The van der Waals surface area contributed by atoms with Crippen molar-refractivity contribution in [3.63, 3.8) is 0 Å². The average Bonchev–Trinajstić information content (AvgIpc) is 2.38. The summed E-state index contributed by atoms with van der Waals surface area (Å²) in [5, 5.41) is 0.235. The van der Waals surface area contributed by atoms with Gasteiger partial charge in [-0.15, -0.1) is 0 Å². The summed E-state index contributed by atoms with van der Waals surface area (Å²) in [4.78, 5) is -0.117. The SMILES string of the molecule is Cc1c(N)cc(S(=O)(=O)Nc2ccccc2F)cc1Cl. The van der Waals surface area contributed by atoms with Gasteiger partial charge in [-0.2, -0.15) is 0 Å². The minimum absolute atomic E-state index is 0.117. The lowest BCUT2D eigenvalue weighted by molar-refractivity contribution is 0.598.